The van der Waals surface area contributed by atoms with Gasteiger partial charge >= 0.3 is 0 Å². The third-order valence-electron chi connectivity index (χ3n) is 3.92. The molecule has 0 bridgehead atoms. The normalized spacial score (nSPS) is 24.2. The molecule has 1 fully saturated rings. The standard InChI is InChI=1S/C12H26N2/c1-11(2,3)12(4,5)9-14-10-6-7-13-8-10/h10,13-14H,6-9H2,1-5H3. The molecule has 0 aliphatic carbocycles. The van der Waals surface area contributed by atoms with E-state index in [1.165, 1.54) is 13.0 Å². The first kappa shape index (κ1) is 12.0. The second-order valence-electron chi connectivity index (χ2n) is 6.20. The molecule has 0 aromatic carbocycles. The van der Waals surface area contributed by atoms with Crippen LogP contribution in [0.1, 0.15) is 41.0 Å². The maximum Gasteiger partial charge on any atom is 0.0204 e. The smallest absolute Gasteiger partial charge is 0.0204 e. The van der Waals surface area contributed by atoms with Crippen LogP contribution in [0.25, 0.3) is 0 Å². The van der Waals surface area contributed by atoms with Crippen molar-refractivity contribution >= 4 is 0 Å². The molecule has 0 amide bonds. The van der Waals surface area contributed by atoms with E-state index >= 15 is 0 Å². The Labute approximate surface area is 88.8 Å². The zero-order valence-electron chi connectivity index (χ0n) is 10.4. The van der Waals surface area contributed by atoms with Crippen molar-refractivity contribution in [3.63, 3.8) is 0 Å². The lowest BCUT2D eigenvalue weighted by atomic mass is 9.69. The van der Waals surface area contributed by atoms with Gasteiger partial charge in [-0.1, -0.05) is 34.6 Å². The molecule has 1 rings (SSSR count). The van der Waals surface area contributed by atoms with Crippen LogP contribution < -0.4 is 10.6 Å². The van der Waals surface area contributed by atoms with Crippen molar-refractivity contribution in [2.45, 2.75) is 47.1 Å². The Morgan fingerprint density at radius 2 is 1.86 bits per heavy atom. The summed E-state index contributed by atoms with van der Waals surface area (Å²) in [5.41, 5.74) is 0.724. The lowest BCUT2D eigenvalue weighted by Gasteiger charge is -2.39. The van der Waals surface area contributed by atoms with Crippen molar-refractivity contribution in [1.29, 1.82) is 0 Å². The molecule has 2 N–H and O–H groups in total. The first-order valence-electron chi connectivity index (χ1n) is 5.77. The fraction of sp³-hybridized carbons (Fsp3) is 1.00. The van der Waals surface area contributed by atoms with Crippen molar-refractivity contribution in [3.8, 4) is 0 Å². The molecule has 0 saturated carbocycles. The van der Waals surface area contributed by atoms with Gasteiger partial charge in [0.25, 0.3) is 0 Å². The van der Waals surface area contributed by atoms with Crippen LogP contribution in [-0.2, 0) is 0 Å². The fourth-order valence-corrected chi connectivity index (χ4v) is 1.49. The summed E-state index contributed by atoms with van der Waals surface area (Å²) in [7, 11) is 0. The van der Waals surface area contributed by atoms with Crippen LogP contribution in [-0.4, -0.2) is 25.7 Å². The first-order valence-corrected chi connectivity index (χ1v) is 5.77. The topological polar surface area (TPSA) is 24.1 Å². The van der Waals surface area contributed by atoms with Crippen LogP contribution >= 0.6 is 0 Å². The van der Waals surface area contributed by atoms with E-state index in [1.807, 2.05) is 0 Å². The number of nitrogens with one attached hydrogen (secondary N) is 2. The van der Waals surface area contributed by atoms with Crippen LogP contribution in [0.4, 0.5) is 0 Å². The van der Waals surface area contributed by atoms with Gasteiger partial charge < -0.3 is 10.6 Å². The number of rotatable bonds is 3. The van der Waals surface area contributed by atoms with Gasteiger partial charge in [0.1, 0.15) is 0 Å². The molecule has 0 aromatic heterocycles. The fourth-order valence-electron chi connectivity index (χ4n) is 1.49. The molecule has 1 saturated heterocycles. The lowest BCUT2D eigenvalue weighted by molar-refractivity contribution is 0.125. The van der Waals surface area contributed by atoms with Gasteiger partial charge in [-0.15, -0.1) is 0 Å². The van der Waals surface area contributed by atoms with Gasteiger partial charge in [-0.2, -0.15) is 0 Å². The van der Waals surface area contributed by atoms with Crippen LogP contribution in [0.5, 0.6) is 0 Å². The number of hydrogen-bond acceptors (Lipinski definition) is 2. The molecule has 84 valence electrons. The molecular formula is C12H26N2. The summed E-state index contributed by atoms with van der Waals surface area (Å²) in [6.07, 6.45) is 1.28. The highest BCUT2D eigenvalue weighted by Crippen LogP contribution is 2.37. The molecule has 2 nitrogen and oxygen atoms in total. The zero-order valence-corrected chi connectivity index (χ0v) is 10.4. The van der Waals surface area contributed by atoms with Crippen LogP contribution in [0.2, 0.25) is 0 Å². The summed E-state index contributed by atoms with van der Waals surface area (Å²) >= 11 is 0. The van der Waals surface area contributed by atoms with E-state index in [2.05, 4.69) is 45.3 Å². The Bertz CT molecular complexity index is 173. The lowest BCUT2D eigenvalue weighted by Crippen LogP contribution is -2.43. The van der Waals surface area contributed by atoms with Crippen molar-refractivity contribution in [3.05, 3.63) is 0 Å². The molecule has 1 aliphatic heterocycles. The van der Waals surface area contributed by atoms with Gasteiger partial charge in [-0.25, -0.2) is 0 Å². The second kappa shape index (κ2) is 4.19. The summed E-state index contributed by atoms with van der Waals surface area (Å²) < 4.78 is 0. The Balaban J connectivity index is 2.35. The van der Waals surface area contributed by atoms with E-state index in [4.69, 9.17) is 0 Å². The zero-order chi connectivity index (χ0) is 10.8. The Morgan fingerprint density at radius 1 is 1.21 bits per heavy atom. The van der Waals surface area contributed by atoms with E-state index in [9.17, 15) is 0 Å². The van der Waals surface area contributed by atoms with Gasteiger partial charge in [0, 0.05) is 19.1 Å². The summed E-state index contributed by atoms with van der Waals surface area (Å²) in [5, 5.41) is 7.05. The van der Waals surface area contributed by atoms with Crippen LogP contribution in [0, 0.1) is 10.8 Å². The molecule has 1 heterocycles. The summed E-state index contributed by atoms with van der Waals surface area (Å²) in [5.74, 6) is 0. The van der Waals surface area contributed by atoms with Gasteiger partial charge in [0.2, 0.25) is 0 Å². The maximum absolute atomic E-state index is 3.67. The van der Waals surface area contributed by atoms with E-state index < -0.39 is 0 Å². The molecular weight excluding hydrogens is 172 g/mol. The van der Waals surface area contributed by atoms with Gasteiger partial charge in [-0.3, -0.25) is 0 Å². The Kier molecular flexibility index (Phi) is 3.59. The predicted molar refractivity (Wildman–Crippen MR) is 62.5 cm³/mol. The third-order valence-corrected chi connectivity index (χ3v) is 3.92. The average molecular weight is 198 g/mol. The van der Waals surface area contributed by atoms with Gasteiger partial charge in [0.15, 0.2) is 0 Å². The highest BCUT2D eigenvalue weighted by atomic mass is 15.0. The average Bonchev–Trinajstić information content (AvgIpc) is 2.50. The second-order valence-corrected chi connectivity index (χ2v) is 6.20. The molecule has 2 heteroatoms. The molecule has 0 radical (unpaired) electrons. The Morgan fingerprint density at radius 3 is 2.29 bits per heavy atom. The van der Waals surface area contributed by atoms with E-state index in [0.29, 0.717) is 16.9 Å². The Hall–Kier alpha value is -0.0800. The van der Waals surface area contributed by atoms with Gasteiger partial charge in [0.05, 0.1) is 0 Å². The quantitative estimate of drug-likeness (QED) is 0.725. The monoisotopic (exact) mass is 198 g/mol. The SMILES string of the molecule is CC(C)(C)C(C)(C)CNC1CCNC1. The first-order chi connectivity index (χ1) is 6.33. The molecule has 0 aromatic rings. The summed E-state index contributed by atoms with van der Waals surface area (Å²) in [6.45, 7) is 15.1. The summed E-state index contributed by atoms with van der Waals surface area (Å²) in [6, 6.07) is 0.691. The van der Waals surface area contributed by atoms with Crippen LogP contribution in [0.15, 0.2) is 0 Å². The minimum absolute atomic E-state index is 0.357. The van der Waals surface area contributed by atoms with E-state index in [-0.39, 0.29) is 0 Å². The third kappa shape index (κ3) is 2.96. The predicted octanol–water partition coefficient (Wildman–Crippen LogP) is 2.01. The minimum atomic E-state index is 0.357. The summed E-state index contributed by atoms with van der Waals surface area (Å²) in [4.78, 5) is 0. The van der Waals surface area contributed by atoms with Crippen molar-refractivity contribution in [1.82, 2.24) is 10.6 Å². The molecule has 1 unspecified atom stereocenters. The van der Waals surface area contributed by atoms with Crippen molar-refractivity contribution in [2.75, 3.05) is 19.6 Å². The van der Waals surface area contributed by atoms with E-state index in [0.717, 1.165) is 13.1 Å². The highest BCUT2D eigenvalue weighted by Gasteiger charge is 2.33. The molecule has 1 atom stereocenters. The number of hydrogen-bond donors (Lipinski definition) is 2. The van der Waals surface area contributed by atoms with Crippen LogP contribution in [0.3, 0.4) is 0 Å². The van der Waals surface area contributed by atoms with Gasteiger partial charge in [-0.05, 0) is 23.8 Å². The highest BCUT2D eigenvalue weighted by molar-refractivity contribution is 4.87. The minimum Gasteiger partial charge on any atom is -0.315 e. The molecule has 14 heavy (non-hydrogen) atoms. The molecule has 1 aliphatic rings. The maximum atomic E-state index is 3.67. The van der Waals surface area contributed by atoms with Crippen molar-refractivity contribution < 1.29 is 0 Å². The van der Waals surface area contributed by atoms with E-state index in [1.54, 1.807) is 0 Å². The van der Waals surface area contributed by atoms with Crippen molar-refractivity contribution in [2.24, 2.45) is 10.8 Å². The largest absolute Gasteiger partial charge is 0.315 e. The molecule has 0 spiro atoms.